The summed E-state index contributed by atoms with van der Waals surface area (Å²) in [5.74, 6) is -2.26. The Kier molecular flexibility index (Phi) is 11.0. The third-order valence-corrected chi connectivity index (χ3v) is 9.05. The van der Waals surface area contributed by atoms with E-state index < -0.39 is 35.5 Å². The van der Waals surface area contributed by atoms with Crippen molar-refractivity contribution in [2.24, 2.45) is 0 Å². The number of hydrogen-bond acceptors (Lipinski definition) is 8. The van der Waals surface area contributed by atoms with E-state index in [-0.39, 0.29) is 37.0 Å². The van der Waals surface area contributed by atoms with Crippen molar-refractivity contribution in [3.05, 3.63) is 93.9 Å². The molecule has 0 spiro atoms. The van der Waals surface area contributed by atoms with E-state index in [1.165, 1.54) is 18.3 Å². The number of ether oxygens (including phenoxy) is 2. The van der Waals surface area contributed by atoms with Crippen LogP contribution in [0.2, 0.25) is 0 Å². The molecule has 1 fully saturated rings. The van der Waals surface area contributed by atoms with Gasteiger partial charge in [-0.2, -0.15) is 0 Å². The van der Waals surface area contributed by atoms with Crippen molar-refractivity contribution in [1.82, 2.24) is 20.2 Å². The van der Waals surface area contributed by atoms with Crippen LogP contribution in [0, 0.1) is 11.6 Å². The largest absolute Gasteiger partial charge is 0.377 e. The molecule has 3 aliphatic rings. The van der Waals surface area contributed by atoms with Crippen LogP contribution in [0.15, 0.2) is 48.8 Å². The number of benzene rings is 1. The van der Waals surface area contributed by atoms with Gasteiger partial charge in [0, 0.05) is 43.6 Å². The van der Waals surface area contributed by atoms with Gasteiger partial charge in [0.1, 0.15) is 18.6 Å². The number of nitrogens with zero attached hydrogens (tertiary/aromatic N) is 3. The first-order valence-corrected chi connectivity index (χ1v) is 15.7. The summed E-state index contributed by atoms with van der Waals surface area (Å²) in [4.78, 5) is 46.1. The molecular weight excluding hydrogens is 608 g/mol. The Balaban J connectivity index is 0.00000213. The number of nitrogens with one attached hydrogen (secondary N) is 2. The predicted octanol–water partition coefficient (Wildman–Crippen LogP) is 4.06. The predicted molar refractivity (Wildman–Crippen MR) is 172 cm³/mol. The molecule has 7 bridgehead atoms. The van der Waals surface area contributed by atoms with Crippen molar-refractivity contribution >= 4 is 30.5 Å². The number of carbonyl (C=O) groups excluding carboxylic acids is 3. The van der Waals surface area contributed by atoms with Gasteiger partial charge in [0.15, 0.2) is 11.6 Å². The minimum atomic E-state index is -0.951. The number of fused-ring (bicyclic) bond motifs is 7. The van der Waals surface area contributed by atoms with Crippen molar-refractivity contribution < 1.29 is 32.6 Å². The summed E-state index contributed by atoms with van der Waals surface area (Å²) in [5.41, 5.74) is 4.43. The van der Waals surface area contributed by atoms with E-state index in [9.17, 15) is 18.4 Å². The molecule has 1 aromatic carbocycles. The molecule has 47 heavy (non-hydrogen) atoms. The monoisotopic (exact) mass is 647 g/mol. The second kappa shape index (κ2) is 15.4. The third kappa shape index (κ3) is 7.39. The van der Waals surface area contributed by atoms with E-state index in [0.29, 0.717) is 38.2 Å². The molecule has 1 aliphatic carbocycles. The number of amides is 2. The summed E-state index contributed by atoms with van der Waals surface area (Å²) in [6, 6.07) is 6.63. The first-order valence-electron chi connectivity index (χ1n) is 15.7. The summed E-state index contributed by atoms with van der Waals surface area (Å²) in [6.07, 6.45) is 8.78. The van der Waals surface area contributed by atoms with Gasteiger partial charge in [0.05, 0.1) is 32.0 Å². The highest BCUT2D eigenvalue weighted by Gasteiger charge is 2.42. The van der Waals surface area contributed by atoms with Crippen LogP contribution in [0.3, 0.4) is 0 Å². The zero-order valence-electron chi connectivity index (χ0n) is 26.5. The smallest absolute Gasteiger partial charge is 0.253 e. The normalized spacial score (nSPS) is 23.9. The number of anilines is 1. The van der Waals surface area contributed by atoms with Crippen LogP contribution in [0.1, 0.15) is 63.5 Å². The van der Waals surface area contributed by atoms with Crippen LogP contribution in [0.25, 0.3) is 6.08 Å². The van der Waals surface area contributed by atoms with E-state index in [4.69, 9.17) is 14.3 Å². The van der Waals surface area contributed by atoms with E-state index in [2.05, 4.69) is 26.7 Å². The first kappa shape index (κ1) is 33.8. The van der Waals surface area contributed by atoms with Gasteiger partial charge in [-0.3, -0.25) is 14.6 Å². The number of halogens is 2. The molecule has 0 saturated carbocycles. The maximum absolute atomic E-state index is 15.0. The lowest BCUT2D eigenvalue weighted by molar-refractivity contribution is -0.140. The molecule has 2 aromatic heterocycles. The molecular formula is C35H39F2N5O5. The maximum atomic E-state index is 15.0. The fourth-order valence-corrected chi connectivity index (χ4v) is 6.68. The molecule has 4 atom stereocenters. The Morgan fingerprint density at radius 1 is 1.02 bits per heavy atom. The van der Waals surface area contributed by atoms with Crippen molar-refractivity contribution in [2.45, 2.75) is 50.1 Å². The Hall–Kier alpha value is -4.55. The Morgan fingerprint density at radius 2 is 1.83 bits per heavy atom. The molecule has 1 saturated heterocycles. The fourth-order valence-electron chi connectivity index (χ4n) is 6.68. The molecule has 4 heterocycles. The number of rotatable bonds is 2. The summed E-state index contributed by atoms with van der Waals surface area (Å²) in [6.45, 7) is 5.34. The van der Waals surface area contributed by atoms with Gasteiger partial charge < -0.3 is 29.8 Å². The van der Waals surface area contributed by atoms with Crippen molar-refractivity contribution in [1.29, 1.82) is 0 Å². The second-order valence-electron chi connectivity index (χ2n) is 11.8. The highest BCUT2D eigenvalue weighted by atomic mass is 19.2. The molecule has 2 N–H and O–H groups in total. The zero-order chi connectivity index (χ0) is 33.5. The minimum Gasteiger partial charge on any atom is -0.377 e. The quantitative estimate of drug-likeness (QED) is 0.427. The molecule has 4 unspecified atom stereocenters. The van der Waals surface area contributed by atoms with Crippen LogP contribution < -0.4 is 10.6 Å². The highest BCUT2D eigenvalue weighted by Crippen LogP contribution is 2.38. The molecule has 3 aromatic rings. The van der Waals surface area contributed by atoms with Gasteiger partial charge in [-0.1, -0.05) is 24.3 Å². The lowest BCUT2D eigenvalue weighted by atomic mass is 9.81. The molecule has 6 rings (SSSR count). The van der Waals surface area contributed by atoms with Gasteiger partial charge in [0.25, 0.3) is 5.91 Å². The highest BCUT2D eigenvalue weighted by molar-refractivity contribution is 5.98. The molecule has 2 aliphatic heterocycles. The number of carbonyl (C=O) groups is 3. The van der Waals surface area contributed by atoms with E-state index in [1.807, 2.05) is 45.2 Å². The minimum absolute atomic E-state index is 0.122. The van der Waals surface area contributed by atoms with Gasteiger partial charge in [-0.15, -0.1) is 0 Å². The average molecular weight is 648 g/mol. The number of aromatic nitrogens is 2. The zero-order valence-corrected chi connectivity index (χ0v) is 26.5. The average Bonchev–Trinajstić information content (AvgIpc) is 3.52. The third-order valence-electron chi connectivity index (χ3n) is 9.05. The fraction of sp³-hybridized carbons (Fsp3) is 0.400. The van der Waals surface area contributed by atoms with E-state index in [0.717, 1.165) is 34.3 Å². The van der Waals surface area contributed by atoms with Crippen LogP contribution in [0.5, 0.6) is 0 Å². The molecule has 2 amide bonds. The topological polar surface area (TPSA) is 123 Å². The Morgan fingerprint density at radius 3 is 2.64 bits per heavy atom. The van der Waals surface area contributed by atoms with Crippen molar-refractivity contribution in [3.8, 4) is 0 Å². The molecule has 10 nitrogen and oxygen atoms in total. The van der Waals surface area contributed by atoms with E-state index in [1.54, 1.807) is 4.90 Å². The van der Waals surface area contributed by atoms with Gasteiger partial charge in [0.2, 0.25) is 5.91 Å². The van der Waals surface area contributed by atoms with Crippen LogP contribution >= 0.6 is 0 Å². The second-order valence-corrected chi connectivity index (χ2v) is 11.8. The molecule has 12 heteroatoms. The van der Waals surface area contributed by atoms with E-state index >= 15 is 0 Å². The summed E-state index contributed by atoms with van der Waals surface area (Å²) >= 11 is 0. The maximum Gasteiger partial charge on any atom is 0.253 e. The Labute approximate surface area is 272 Å². The van der Waals surface area contributed by atoms with Crippen LogP contribution in [-0.2, 0) is 31.9 Å². The van der Waals surface area contributed by atoms with Crippen molar-refractivity contribution in [3.63, 3.8) is 0 Å². The van der Waals surface area contributed by atoms with Gasteiger partial charge in [-0.25, -0.2) is 13.8 Å². The molecule has 0 radical (unpaired) electrons. The lowest BCUT2D eigenvalue weighted by Gasteiger charge is -2.43. The standard InChI is InChI=1S/C34H37F2N5O4.CH2O/c1-20-26(25-6-3-7-28(35)31(25)36)17-30-34(43)41(20)8-10-45-12-11-44-9-4-5-21-13-27(32(37-2)39-18-21)22-14-23-15-24(33(42)40-30)19-38-29(23)16-22;1-2/h3-7,13,15,18-20,22,26,30H,8-12,14,16-17H2,1-2H3,(H,37,39)(H,40,42);1H2/b5-4+;. The Bertz CT molecular complexity index is 1640. The van der Waals surface area contributed by atoms with Crippen LogP contribution in [-0.4, -0.2) is 85.6 Å². The SMILES string of the molecule is C=O.CNc1ncc2cc1C1Cc3cc(cnc3C1)C(=O)NC1CC(c3cccc(F)c3F)C(C)N(CCOCCOC/C=C/2)C1=O. The lowest BCUT2D eigenvalue weighted by Crippen LogP contribution is -2.58. The number of pyridine rings is 2. The number of hydrogen-bond donors (Lipinski definition) is 2. The van der Waals surface area contributed by atoms with Crippen LogP contribution in [0.4, 0.5) is 14.6 Å². The summed E-state index contributed by atoms with van der Waals surface area (Å²) < 4.78 is 40.7. The van der Waals surface area contributed by atoms with Gasteiger partial charge in [-0.05, 0) is 72.6 Å². The van der Waals surface area contributed by atoms with Crippen molar-refractivity contribution in [2.75, 3.05) is 45.3 Å². The van der Waals surface area contributed by atoms with Gasteiger partial charge >= 0.3 is 0 Å². The summed E-state index contributed by atoms with van der Waals surface area (Å²) in [5, 5.41) is 6.07. The number of piperidine rings is 1. The first-order chi connectivity index (χ1) is 22.8. The summed E-state index contributed by atoms with van der Waals surface area (Å²) in [7, 11) is 1.84. The molecule has 248 valence electrons.